The predicted molar refractivity (Wildman–Crippen MR) is 110 cm³/mol. The van der Waals surface area contributed by atoms with Gasteiger partial charge in [-0.05, 0) is 24.3 Å². The zero-order valence-electron chi connectivity index (χ0n) is 16.3. The molecule has 2 N–H and O–H groups in total. The van der Waals surface area contributed by atoms with Gasteiger partial charge in [0, 0.05) is 49.5 Å². The number of aromatic nitrogens is 5. The average Bonchev–Trinajstić information content (AvgIpc) is 3.23. The molecule has 5 rings (SSSR count). The van der Waals surface area contributed by atoms with Crippen LogP contribution in [-0.4, -0.2) is 51.3 Å². The molecule has 0 atom stereocenters. The quantitative estimate of drug-likeness (QED) is 0.523. The van der Waals surface area contributed by atoms with Gasteiger partial charge in [-0.15, -0.1) is 0 Å². The Morgan fingerprint density at radius 3 is 2.61 bits per heavy atom. The lowest BCUT2D eigenvalue weighted by atomic mass is 10.1. The second kappa shape index (κ2) is 7.62. The number of nitrogens with zero attached hydrogens (tertiary/aromatic N) is 5. The number of rotatable bonds is 3. The number of aromatic amines is 1. The van der Waals surface area contributed by atoms with E-state index in [0.29, 0.717) is 22.6 Å². The summed E-state index contributed by atoms with van der Waals surface area (Å²) in [5.74, 6) is 0.867. The van der Waals surface area contributed by atoms with Gasteiger partial charge in [-0.1, -0.05) is 6.07 Å². The maximum Gasteiger partial charge on any atom is 0.417 e. The molecule has 0 unspecified atom stereocenters. The highest BCUT2D eigenvalue weighted by Gasteiger charge is 2.31. The lowest BCUT2D eigenvalue weighted by Gasteiger charge is -2.28. The second-order valence-electron chi connectivity index (χ2n) is 7.27. The summed E-state index contributed by atoms with van der Waals surface area (Å²) in [6.07, 6.45) is -0.743. The maximum atomic E-state index is 13.1. The summed E-state index contributed by atoms with van der Waals surface area (Å²) < 4.78 is 39.2. The van der Waals surface area contributed by atoms with Gasteiger partial charge in [-0.2, -0.15) is 18.3 Å². The Kier molecular flexibility index (Phi) is 4.78. The minimum Gasteiger partial charge on any atom is -0.354 e. The first kappa shape index (κ1) is 19.4. The van der Waals surface area contributed by atoms with E-state index in [1.807, 2.05) is 18.2 Å². The fraction of sp³-hybridized carbons (Fsp3) is 0.238. The van der Waals surface area contributed by atoms with Gasteiger partial charge in [0.25, 0.3) is 0 Å². The molecule has 1 saturated heterocycles. The van der Waals surface area contributed by atoms with Gasteiger partial charge < -0.3 is 10.2 Å². The first-order valence-corrected chi connectivity index (χ1v) is 9.79. The molecule has 10 heteroatoms. The zero-order chi connectivity index (χ0) is 21.4. The average molecular weight is 425 g/mol. The van der Waals surface area contributed by atoms with Crippen molar-refractivity contribution in [1.29, 1.82) is 0 Å². The van der Waals surface area contributed by atoms with Crippen LogP contribution in [0.15, 0.2) is 48.9 Å². The molecule has 0 spiro atoms. The Labute approximate surface area is 175 Å². The summed E-state index contributed by atoms with van der Waals surface area (Å²) in [6.45, 7) is 3.54. The first-order chi connectivity index (χ1) is 15.0. The number of fused-ring (bicyclic) bond motifs is 1. The van der Waals surface area contributed by atoms with Crippen LogP contribution in [0.5, 0.6) is 0 Å². The molecule has 5 heterocycles. The summed E-state index contributed by atoms with van der Waals surface area (Å²) in [6, 6.07) is 8.52. The van der Waals surface area contributed by atoms with Gasteiger partial charge in [-0.3, -0.25) is 15.1 Å². The highest BCUT2D eigenvalue weighted by Crippen LogP contribution is 2.33. The van der Waals surface area contributed by atoms with Crippen molar-refractivity contribution in [3.05, 3.63) is 54.5 Å². The van der Waals surface area contributed by atoms with Crippen LogP contribution in [0.3, 0.4) is 0 Å². The van der Waals surface area contributed by atoms with Gasteiger partial charge in [-0.25, -0.2) is 4.98 Å². The van der Waals surface area contributed by atoms with E-state index in [0.717, 1.165) is 49.6 Å². The van der Waals surface area contributed by atoms with Crippen LogP contribution >= 0.6 is 0 Å². The van der Waals surface area contributed by atoms with E-state index in [-0.39, 0.29) is 5.56 Å². The van der Waals surface area contributed by atoms with Crippen molar-refractivity contribution >= 4 is 16.7 Å². The van der Waals surface area contributed by atoms with Crippen molar-refractivity contribution in [3.8, 4) is 22.6 Å². The Morgan fingerprint density at radius 2 is 1.81 bits per heavy atom. The Morgan fingerprint density at radius 1 is 0.968 bits per heavy atom. The number of hydrogen-bond donors (Lipinski definition) is 2. The van der Waals surface area contributed by atoms with Gasteiger partial charge >= 0.3 is 6.18 Å². The van der Waals surface area contributed by atoms with E-state index in [9.17, 15) is 13.2 Å². The number of alkyl halides is 3. The third-order valence-corrected chi connectivity index (χ3v) is 5.23. The zero-order valence-corrected chi connectivity index (χ0v) is 16.3. The SMILES string of the molecule is FC(F)(F)c1cncc(-c2cc3c(-c4cccc(N5CCNCC5)n4)n[nH]c3cn2)c1. The topological polar surface area (TPSA) is 82.6 Å². The fourth-order valence-corrected chi connectivity index (χ4v) is 3.63. The van der Waals surface area contributed by atoms with Gasteiger partial charge in [0.2, 0.25) is 0 Å². The summed E-state index contributed by atoms with van der Waals surface area (Å²) in [5, 5.41) is 11.4. The molecule has 1 aliphatic heterocycles. The number of hydrogen-bond acceptors (Lipinski definition) is 6. The molecule has 7 nitrogen and oxygen atoms in total. The van der Waals surface area contributed by atoms with E-state index in [2.05, 4.69) is 30.4 Å². The second-order valence-corrected chi connectivity index (χ2v) is 7.27. The molecule has 4 aromatic heterocycles. The summed E-state index contributed by atoms with van der Waals surface area (Å²) in [7, 11) is 0. The van der Waals surface area contributed by atoms with Crippen LogP contribution in [0.1, 0.15) is 5.56 Å². The monoisotopic (exact) mass is 425 g/mol. The fourth-order valence-electron chi connectivity index (χ4n) is 3.63. The number of nitrogens with one attached hydrogen (secondary N) is 2. The molecule has 1 aliphatic rings. The van der Waals surface area contributed by atoms with Crippen LogP contribution < -0.4 is 10.2 Å². The first-order valence-electron chi connectivity index (χ1n) is 9.79. The molecule has 31 heavy (non-hydrogen) atoms. The van der Waals surface area contributed by atoms with Crippen LogP contribution in [-0.2, 0) is 6.18 Å². The highest BCUT2D eigenvalue weighted by atomic mass is 19.4. The number of piperazine rings is 1. The maximum absolute atomic E-state index is 13.1. The Bertz CT molecular complexity index is 1230. The molecule has 0 bridgehead atoms. The van der Waals surface area contributed by atoms with E-state index in [1.54, 1.807) is 12.3 Å². The van der Waals surface area contributed by atoms with Crippen LogP contribution in [0.4, 0.5) is 19.0 Å². The van der Waals surface area contributed by atoms with Gasteiger partial charge in [0.15, 0.2) is 0 Å². The predicted octanol–water partition coefficient (Wildman–Crippen LogP) is 3.51. The Hall–Kier alpha value is -3.53. The summed E-state index contributed by atoms with van der Waals surface area (Å²) >= 11 is 0. The number of pyridine rings is 3. The third-order valence-electron chi connectivity index (χ3n) is 5.23. The third kappa shape index (κ3) is 3.81. The van der Waals surface area contributed by atoms with Gasteiger partial charge in [0.05, 0.1) is 28.7 Å². The molecule has 0 aromatic carbocycles. The normalized spacial score (nSPS) is 14.9. The lowest BCUT2D eigenvalue weighted by Crippen LogP contribution is -2.43. The van der Waals surface area contributed by atoms with Gasteiger partial charge in [0.1, 0.15) is 11.5 Å². The standard InChI is InChI=1S/C21H18F3N7/c22-21(23,24)14-8-13(10-26-11-14)17-9-15-18(12-27-17)29-30-20(15)16-2-1-3-19(28-16)31-6-4-25-5-7-31/h1-3,8-12,25H,4-7H2,(H,29,30). The molecular weight excluding hydrogens is 407 g/mol. The van der Waals surface area contributed by atoms with Crippen molar-refractivity contribution in [2.45, 2.75) is 6.18 Å². The van der Waals surface area contributed by atoms with Crippen LogP contribution in [0, 0.1) is 0 Å². The molecular formula is C21H18F3N7. The molecule has 4 aromatic rings. The van der Waals surface area contributed by atoms with Crippen LogP contribution in [0.2, 0.25) is 0 Å². The van der Waals surface area contributed by atoms with E-state index < -0.39 is 11.7 Å². The molecule has 0 amide bonds. The van der Waals surface area contributed by atoms with Crippen molar-refractivity contribution in [1.82, 2.24) is 30.5 Å². The van der Waals surface area contributed by atoms with E-state index in [1.165, 1.54) is 6.20 Å². The molecule has 0 radical (unpaired) electrons. The van der Waals surface area contributed by atoms with Crippen molar-refractivity contribution < 1.29 is 13.2 Å². The van der Waals surface area contributed by atoms with E-state index in [4.69, 9.17) is 4.98 Å². The van der Waals surface area contributed by atoms with Crippen molar-refractivity contribution in [2.24, 2.45) is 0 Å². The lowest BCUT2D eigenvalue weighted by molar-refractivity contribution is -0.137. The number of halogens is 3. The van der Waals surface area contributed by atoms with E-state index >= 15 is 0 Å². The largest absolute Gasteiger partial charge is 0.417 e. The molecule has 1 fully saturated rings. The minimum atomic E-state index is -4.47. The molecule has 158 valence electrons. The summed E-state index contributed by atoms with van der Waals surface area (Å²) in [4.78, 5) is 15.0. The number of H-pyrrole nitrogens is 1. The summed E-state index contributed by atoms with van der Waals surface area (Å²) in [5.41, 5.74) is 1.83. The number of anilines is 1. The smallest absolute Gasteiger partial charge is 0.354 e. The van der Waals surface area contributed by atoms with Crippen molar-refractivity contribution in [2.75, 3.05) is 31.1 Å². The highest BCUT2D eigenvalue weighted by molar-refractivity contribution is 5.93. The van der Waals surface area contributed by atoms with Crippen LogP contribution in [0.25, 0.3) is 33.5 Å². The molecule has 0 saturated carbocycles. The van der Waals surface area contributed by atoms with Crippen molar-refractivity contribution in [3.63, 3.8) is 0 Å². The molecule has 0 aliphatic carbocycles. The minimum absolute atomic E-state index is 0.284. The Balaban J connectivity index is 1.55.